The molecule has 0 aliphatic heterocycles. The van der Waals surface area contributed by atoms with E-state index in [0.717, 1.165) is 11.1 Å². The molecule has 0 radical (unpaired) electrons. The molecule has 0 atom stereocenters. The number of benzene rings is 2. The molecule has 10 heteroatoms. The quantitative estimate of drug-likeness (QED) is 0.405. The highest BCUT2D eigenvalue weighted by molar-refractivity contribution is 5.85. The third kappa shape index (κ3) is 4.85. The van der Waals surface area contributed by atoms with Crippen molar-refractivity contribution in [2.45, 2.75) is 13.1 Å². The molecule has 0 bridgehead atoms. The number of carbonyl (C=O) groups excluding carboxylic acids is 2. The number of primary amides is 1. The lowest BCUT2D eigenvalue weighted by molar-refractivity contribution is -0.384. The van der Waals surface area contributed by atoms with E-state index in [1.165, 1.54) is 19.2 Å². The highest BCUT2D eigenvalue weighted by Crippen LogP contribution is 2.28. The molecule has 0 saturated heterocycles. The maximum absolute atomic E-state index is 12.4. The van der Waals surface area contributed by atoms with Crippen molar-refractivity contribution in [1.82, 2.24) is 9.88 Å². The smallest absolute Gasteiger partial charge is 0.270 e. The molecule has 0 fully saturated rings. The molecule has 3 rings (SSSR count). The van der Waals surface area contributed by atoms with Crippen molar-refractivity contribution in [1.29, 1.82) is 0 Å². The number of nitrogens with two attached hydrogens (primary N) is 1. The van der Waals surface area contributed by atoms with E-state index in [1.807, 2.05) is 0 Å². The van der Waals surface area contributed by atoms with Crippen molar-refractivity contribution >= 4 is 28.4 Å². The van der Waals surface area contributed by atoms with Crippen molar-refractivity contribution in [2.75, 3.05) is 13.7 Å². The fraction of sp³-hybridized carbons (Fsp3) is 0.200. The van der Waals surface area contributed by atoms with Gasteiger partial charge in [0.2, 0.25) is 5.91 Å². The highest BCUT2D eigenvalue weighted by Gasteiger charge is 2.12. The summed E-state index contributed by atoms with van der Waals surface area (Å²) in [6.45, 7) is 0.0641. The maximum Gasteiger partial charge on any atom is 0.270 e. The second-order valence-corrected chi connectivity index (χ2v) is 6.46. The molecule has 10 nitrogen and oxygen atoms in total. The fourth-order valence-electron chi connectivity index (χ4n) is 2.94. The van der Waals surface area contributed by atoms with Crippen molar-refractivity contribution in [2.24, 2.45) is 5.73 Å². The van der Waals surface area contributed by atoms with E-state index in [0.29, 0.717) is 16.9 Å². The lowest BCUT2D eigenvalue weighted by Gasteiger charge is -2.12. The first-order chi connectivity index (χ1) is 14.4. The minimum atomic E-state index is -0.597. The largest absolute Gasteiger partial charge is 0.493 e. The monoisotopic (exact) mass is 412 g/mol. The van der Waals surface area contributed by atoms with Gasteiger partial charge in [-0.05, 0) is 29.8 Å². The van der Waals surface area contributed by atoms with Crippen LogP contribution < -0.4 is 20.5 Å². The summed E-state index contributed by atoms with van der Waals surface area (Å²) in [5, 5.41) is 14.4. The van der Waals surface area contributed by atoms with E-state index in [-0.39, 0.29) is 31.3 Å². The van der Waals surface area contributed by atoms with Crippen LogP contribution in [0.25, 0.3) is 10.9 Å². The number of hydrogen-bond acceptors (Lipinski definition) is 6. The summed E-state index contributed by atoms with van der Waals surface area (Å²) >= 11 is 0. The van der Waals surface area contributed by atoms with Gasteiger partial charge in [-0.3, -0.25) is 19.7 Å². The van der Waals surface area contributed by atoms with Gasteiger partial charge >= 0.3 is 0 Å². The van der Waals surface area contributed by atoms with E-state index in [2.05, 4.69) is 5.32 Å². The Morgan fingerprint density at radius 3 is 2.67 bits per heavy atom. The summed E-state index contributed by atoms with van der Waals surface area (Å²) in [4.78, 5) is 33.6. The Morgan fingerprint density at radius 1 is 1.17 bits per heavy atom. The average molecular weight is 412 g/mol. The summed E-state index contributed by atoms with van der Waals surface area (Å²) in [7, 11) is 1.47. The van der Waals surface area contributed by atoms with Crippen LogP contribution in [0.15, 0.2) is 48.7 Å². The number of nitro groups is 1. The molecular weight excluding hydrogens is 392 g/mol. The fourth-order valence-corrected chi connectivity index (χ4v) is 2.94. The van der Waals surface area contributed by atoms with Gasteiger partial charge in [-0.2, -0.15) is 0 Å². The molecule has 2 aromatic carbocycles. The first kappa shape index (κ1) is 20.6. The number of ether oxygens (including phenoxy) is 2. The SMILES string of the molecule is COc1cc(CNC(=O)Cn2ccc3cc([N+](=O)[O-])ccc32)ccc1OCC(N)=O. The molecule has 0 saturated carbocycles. The van der Waals surface area contributed by atoms with Gasteiger partial charge in [0.05, 0.1) is 12.0 Å². The normalized spacial score (nSPS) is 10.6. The lowest BCUT2D eigenvalue weighted by Crippen LogP contribution is -2.26. The van der Waals surface area contributed by atoms with Gasteiger partial charge in [0.1, 0.15) is 6.54 Å². The van der Waals surface area contributed by atoms with Crippen molar-refractivity contribution in [3.05, 3.63) is 64.3 Å². The number of non-ortho nitro benzene ring substituents is 1. The Kier molecular flexibility index (Phi) is 6.16. The van der Waals surface area contributed by atoms with Crippen LogP contribution in [0.1, 0.15) is 5.56 Å². The molecule has 3 N–H and O–H groups in total. The third-order valence-corrected chi connectivity index (χ3v) is 4.37. The molecule has 1 heterocycles. The minimum absolute atomic E-state index is 0.00176. The summed E-state index contributed by atoms with van der Waals surface area (Å²) in [5.74, 6) is -0.0281. The molecule has 0 aliphatic carbocycles. The number of nitro benzene ring substituents is 1. The zero-order valence-corrected chi connectivity index (χ0v) is 16.2. The van der Waals surface area contributed by atoms with Crippen LogP contribution in [0.2, 0.25) is 0 Å². The van der Waals surface area contributed by atoms with E-state index >= 15 is 0 Å². The average Bonchev–Trinajstić information content (AvgIpc) is 3.12. The van der Waals surface area contributed by atoms with E-state index in [4.69, 9.17) is 15.2 Å². The summed E-state index contributed by atoms with van der Waals surface area (Å²) in [5.41, 5.74) is 6.58. The number of nitrogens with zero attached hydrogens (tertiary/aromatic N) is 2. The number of rotatable bonds is 9. The van der Waals surface area contributed by atoms with E-state index < -0.39 is 10.8 Å². The minimum Gasteiger partial charge on any atom is -0.493 e. The van der Waals surface area contributed by atoms with Gasteiger partial charge in [-0.15, -0.1) is 0 Å². The van der Waals surface area contributed by atoms with Crippen LogP contribution in [-0.4, -0.2) is 35.0 Å². The Hall–Kier alpha value is -4.08. The number of hydrogen-bond donors (Lipinski definition) is 2. The first-order valence-corrected chi connectivity index (χ1v) is 8.95. The molecule has 0 spiro atoms. The van der Waals surface area contributed by atoms with Crippen molar-refractivity contribution in [3.8, 4) is 11.5 Å². The third-order valence-electron chi connectivity index (χ3n) is 4.37. The number of fused-ring (bicyclic) bond motifs is 1. The molecule has 0 unspecified atom stereocenters. The lowest BCUT2D eigenvalue weighted by atomic mass is 10.2. The standard InChI is InChI=1S/C20H20N4O6/c1-29-18-8-13(2-5-17(18)30-12-19(21)25)10-22-20(26)11-23-7-6-14-9-15(24(27)28)3-4-16(14)23/h2-9H,10-12H2,1H3,(H2,21,25)(H,22,26). The first-order valence-electron chi connectivity index (χ1n) is 8.95. The number of nitrogens with one attached hydrogen (secondary N) is 1. The van der Waals surface area contributed by atoms with Gasteiger partial charge in [0.15, 0.2) is 18.1 Å². The predicted octanol–water partition coefficient (Wildman–Crippen LogP) is 1.74. The predicted molar refractivity (Wildman–Crippen MR) is 108 cm³/mol. The van der Waals surface area contributed by atoms with Gasteiger partial charge in [0.25, 0.3) is 11.6 Å². The summed E-state index contributed by atoms with van der Waals surface area (Å²) < 4.78 is 12.2. The van der Waals surface area contributed by atoms with Crippen molar-refractivity contribution in [3.63, 3.8) is 0 Å². The zero-order chi connectivity index (χ0) is 21.7. The van der Waals surface area contributed by atoms with Crippen LogP contribution in [0, 0.1) is 10.1 Å². The summed E-state index contributed by atoms with van der Waals surface area (Å²) in [6, 6.07) is 11.3. The van der Waals surface area contributed by atoms with Crippen LogP contribution in [0.4, 0.5) is 5.69 Å². The van der Waals surface area contributed by atoms with E-state index in [1.54, 1.807) is 41.1 Å². The molecule has 0 aliphatic rings. The van der Waals surface area contributed by atoms with Crippen molar-refractivity contribution < 1.29 is 24.0 Å². The van der Waals surface area contributed by atoms with Crippen LogP contribution in [0.3, 0.4) is 0 Å². The zero-order valence-electron chi connectivity index (χ0n) is 16.2. The van der Waals surface area contributed by atoms with Gasteiger partial charge in [-0.1, -0.05) is 6.07 Å². The maximum atomic E-state index is 12.4. The topological polar surface area (TPSA) is 139 Å². The molecular formula is C20H20N4O6. The Balaban J connectivity index is 1.62. The van der Waals surface area contributed by atoms with Crippen LogP contribution in [0.5, 0.6) is 11.5 Å². The second-order valence-electron chi connectivity index (χ2n) is 6.46. The van der Waals surface area contributed by atoms with Gasteiger partial charge in [0, 0.05) is 35.8 Å². The van der Waals surface area contributed by atoms with Crippen LogP contribution in [-0.2, 0) is 22.7 Å². The Morgan fingerprint density at radius 2 is 1.97 bits per heavy atom. The highest BCUT2D eigenvalue weighted by atomic mass is 16.6. The summed E-state index contributed by atoms with van der Waals surface area (Å²) in [6.07, 6.45) is 1.71. The number of amides is 2. The molecule has 2 amide bonds. The van der Waals surface area contributed by atoms with E-state index in [9.17, 15) is 19.7 Å². The second kappa shape index (κ2) is 8.95. The Bertz CT molecular complexity index is 1110. The number of methoxy groups -OCH3 is 1. The molecule has 30 heavy (non-hydrogen) atoms. The molecule has 3 aromatic rings. The van der Waals surface area contributed by atoms with Gasteiger partial charge < -0.3 is 25.1 Å². The van der Waals surface area contributed by atoms with Crippen LogP contribution >= 0.6 is 0 Å². The Labute approximate surface area is 171 Å². The molecule has 1 aromatic heterocycles. The van der Waals surface area contributed by atoms with Gasteiger partial charge in [-0.25, -0.2) is 0 Å². The molecule has 156 valence electrons. The number of carbonyl (C=O) groups is 2. The number of aromatic nitrogens is 1.